The van der Waals surface area contributed by atoms with Crippen molar-refractivity contribution in [3.63, 3.8) is 0 Å². The van der Waals surface area contributed by atoms with Crippen molar-refractivity contribution in [3.8, 4) is 0 Å². The maximum Gasteiger partial charge on any atom is 0.271 e. The molecule has 0 saturated heterocycles. The molecule has 10 nitrogen and oxygen atoms in total. The number of benzene rings is 2. The number of non-ortho nitro benzene ring substituents is 1. The molecule has 1 N–H and O–H groups in total. The van der Waals surface area contributed by atoms with Gasteiger partial charge in [-0.2, -0.15) is 0 Å². The highest BCUT2D eigenvalue weighted by Gasteiger charge is 2.32. The Hall–Kier alpha value is -2.89. The van der Waals surface area contributed by atoms with Gasteiger partial charge in [0.25, 0.3) is 5.69 Å². The van der Waals surface area contributed by atoms with Crippen molar-refractivity contribution in [3.05, 3.63) is 68.2 Å². The average molecular weight is 573 g/mol. The Morgan fingerprint density at radius 2 is 1.76 bits per heavy atom. The first kappa shape index (κ1) is 30.3. The third-order valence-corrected chi connectivity index (χ3v) is 7.61. The summed E-state index contributed by atoms with van der Waals surface area (Å²) in [4.78, 5) is 38.6. The number of hydrogen-bond acceptors (Lipinski definition) is 6. The number of sulfonamides is 1. The fraction of sp³-hybridized carbons (Fsp3) is 0.417. The molecule has 37 heavy (non-hydrogen) atoms. The van der Waals surface area contributed by atoms with E-state index in [9.17, 15) is 28.1 Å². The van der Waals surface area contributed by atoms with Gasteiger partial charge in [-0.05, 0) is 43.5 Å². The highest BCUT2D eigenvalue weighted by molar-refractivity contribution is 7.92. The topological polar surface area (TPSA) is 130 Å². The lowest BCUT2D eigenvalue weighted by Gasteiger charge is -2.33. The molecule has 13 heteroatoms. The second-order valence-electron chi connectivity index (χ2n) is 8.56. The van der Waals surface area contributed by atoms with Crippen LogP contribution in [0.15, 0.2) is 42.5 Å². The maximum atomic E-state index is 13.7. The lowest BCUT2D eigenvalue weighted by molar-refractivity contribution is -0.384. The smallest absolute Gasteiger partial charge is 0.271 e. The molecule has 0 saturated carbocycles. The molecule has 0 radical (unpaired) electrons. The molecule has 2 amide bonds. The summed E-state index contributed by atoms with van der Waals surface area (Å²) < 4.78 is 26.1. The second-order valence-corrected chi connectivity index (χ2v) is 11.3. The number of hydrogen-bond donors (Lipinski definition) is 1. The van der Waals surface area contributed by atoms with Crippen molar-refractivity contribution in [1.82, 2.24) is 10.2 Å². The van der Waals surface area contributed by atoms with Crippen molar-refractivity contribution in [1.29, 1.82) is 0 Å². The predicted molar refractivity (Wildman–Crippen MR) is 144 cm³/mol. The van der Waals surface area contributed by atoms with Gasteiger partial charge in [0.05, 0.1) is 26.9 Å². The number of nitrogens with zero attached hydrogens (tertiary/aromatic N) is 3. The summed E-state index contributed by atoms with van der Waals surface area (Å²) >= 11 is 12.2. The molecule has 2 aromatic rings. The molecule has 0 aromatic heterocycles. The summed E-state index contributed by atoms with van der Waals surface area (Å²) in [5, 5.41) is 14.7. The van der Waals surface area contributed by atoms with Crippen LogP contribution in [0.4, 0.5) is 11.4 Å². The second kappa shape index (κ2) is 13.1. The van der Waals surface area contributed by atoms with E-state index in [2.05, 4.69) is 5.32 Å². The third-order valence-electron chi connectivity index (χ3n) is 5.73. The van der Waals surface area contributed by atoms with E-state index >= 15 is 0 Å². The van der Waals surface area contributed by atoms with E-state index in [0.29, 0.717) is 17.0 Å². The molecule has 202 valence electrons. The maximum absolute atomic E-state index is 13.7. The summed E-state index contributed by atoms with van der Waals surface area (Å²) in [7, 11) is -4.03. The average Bonchev–Trinajstić information content (AvgIpc) is 2.83. The Morgan fingerprint density at radius 3 is 2.30 bits per heavy atom. The van der Waals surface area contributed by atoms with E-state index in [4.69, 9.17) is 23.2 Å². The third kappa shape index (κ3) is 8.31. The number of halogens is 2. The summed E-state index contributed by atoms with van der Waals surface area (Å²) in [5.41, 5.74) is 0.209. The summed E-state index contributed by atoms with van der Waals surface area (Å²) in [6.07, 6.45) is 1.83. The van der Waals surface area contributed by atoms with Crippen molar-refractivity contribution >= 4 is 56.4 Å². The quantitative estimate of drug-likeness (QED) is 0.296. The Bertz CT molecular complexity index is 1260. The van der Waals surface area contributed by atoms with Crippen LogP contribution in [0.2, 0.25) is 10.0 Å². The summed E-state index contributed by atoms with van der Waals surface area (Å²) in [5.74, 6) is -1.05. The van der Waals surface area contributed by atoms with Crippen LogP contribution in [0.25, 0.3) is 0 Å². The molecule has 2 rings (SSSR count). The molecule has 2 atom stereocenters. The van der Waals surface area contributed by atoms with Crippen LogP contribution in [0.5, 0.6) is 0 Å². The lowest BCUT2D eigenvalue weighted by Crippen LogP contribution is -2.53. The zero-order valence-corrected chi connectivity index (χ0v) is 23.3. The van der Waals surface area contributed by atoms with Crippen LogP contribution in [-0.2, 0) is 26.2 Å². The number of nitro groups is 1. The molecule has 0 bridgehead atoms. The Morgan fingerprint density at radius 1 is 1.08 bits per heavy atom. The van der Waals surface area contributed by atoms with Crippen LogP contribution in [0.3, 0.4) is 0 Å². The minimum Gasteiger partial charge on any atom is -0.352 e. The standard InChI is InChI=1S/C24H30Cl2N4O6S/c1-5-16(3)27-24(32)22(6-2)28(14-17-10-11-20(25)21(26)12-17)23(31)15-29(37(4,35)36)18-8-7-9-19(13-18)30(33)34/h7-13,16,22H,5-6,14-15H2,1-4H3,(H,27,32). The largest absolute Gasteiger partial charge is 0.352 e. The van der Waals surface area contributed by atoms with Gasteiger partial charge in [0.15, 0.2) is 0 Å². The monoisotopic (exact) mass is 572 g/mol. The number of anilines is 1. The molecule has 0 fully saturated rings. The van der Waals surface area contributed by atoms with E-state index in [1.165, 1.54) is 23.1 Å². The molecule has 0 heterocycles. The van der Waals surface area contributed by atoms with Crippen LogP contribution in [0.1, 0.15) is 39.2 Å². The normalized spacial score (nSPS) is 12.9. The van der Waals surface area contributed by atoms with Crippen molar-refractivity contribution in [2.75, 3.05) is 17.1 Å². The van der Waals surface area contributed by atoms with Gasteiger partial charge in [0.2, 0.25) is 21.8 Å². The fourth-order valence-electron chi connectivity index (χ4n) is 3.57. The number of carbonyl (C=O) groups is 2. The van der Waals surface area contributed by atoms with E-state index in [1.807, 2.05) is 13.8 Å². The van der Waals surface area contributed by atoms with E-state index in [0.717, 1.165) is 16.6 Å². The van der Waals surface area contributed by atoms with Gasteiger partial charge < -0.3 is 10.2 Å². The highest BCUT2D eigenvalue weighted by atomic mass is 35.5. The first-order valence-corrected chi connectivity index (χ1v) is 14.1. The minimum absolute atomic E-state index is 0.0448. The zero-order valence-electron chi connectivity index (χ0n) is 21.0. The van der Waals surface area contributed by atoms with Crippen LogP contribution >= 0.6 is 23.2 Å². The minimum atomic E-state index is -4.03. The molecule has 0 aliphatic carbocycles. The van der Waals surface area contributed by atoms with Crippen molar-refractivity contribution < 1.29 is 22.9 Å². The van der Waals surface area contributed by atoms with E-state index in [1.54, 1.807) is 25.1 Å². The van der Waals surface area contributed by atoms with Crippen LogP contribution < -0.4 is 9.62 Å². The summed E-state index contributed by atoms with van der Waals surface area (Å²) in [6.45, 7) is 4.77. The van der Waals surface area contributed by atoms with E-state index < -0.39 is 33.4 Å². The molecule has 0 aliphatic rings. The fourth-order valence-corrected chi connectivity index (χ4v) is 4.73. The molecule has 2 aromatic carbocycles. The number of carbonyl (C=O) groups excluding carboxylic acids is 2. The van der Waals surface area contributed by atoms with Crippen molar-refractivity contribution in [2.45, 2.75) is 52.2 Å². The highest BCUT2D eigenvalue weighted by Crippen LogP contribution is 2.26. The van der Waals surface area contributed by atoms with Gasteiger partial charge in [0, 0.05) is 24.7 Å². The van der Waals surface area contributed by atoms with Crippen molar-refractivity contribution in [2.24, 2.45) is 0 Å². The zero-order chi connectivity index (χ0) is 27.9. The first-order chi connectivity index (χ1) is 17.3. The Kier molecular flexibility index (Phi) is 10.7. The molecular weight excluding hydrogens is 543 g/mol. The van der Waals surface area contributed by atoms with Crippen LogP contribution in [-0.4, -0.2) is 54.9 Å². The van der Waals surface area contributed by atoms with Gasteiger partial charge in [-0.25, -0.2) is 8.42 Å². The predicted octanol–water partition coefficient (Wildman–Crippen LogP) is 4.39. The molecular formula is C24H30Cl2N4O6S. The molecule has 0 spiro atoms. The SMILES string of the molecule is CCC(C)NC(=O)C(CC)N(Cc1ccc(Cl)c(Cl)c1)C(=O)CN(c1cccc([N+](=O)[O-])c1)S(C)(=O)=O. The van der Waals surface area contributed by atoms with Gasteiger partial charge in [-0.3, -0.25) is 24.0 Å². The van der Waals surface area contributed by atoms with Gasteiger partial charge in [-0.1, -0.05) is 49.2 Å². The number of amides is 2. The Labute approximate surface area is 226 Å². The number of nitro benzene ring substituents is 1. The molecule has 2 unspecified atom stereocenters. The van der Waals surface area contributed by atoms with Gasteiger partial charge >= 0.3 is 0 Å². The number of rotatable bonds is 12. The number of nitrogens with one attached hydrogen (secondary N) is 1. The first-order valence-electron chi connectivity index (χ1n) is 11.5. The summed E-state index contributed by atoms with van der Waals surface area (Å²) in [6, 6.07) is 8.72. The lowest BCUT2D eigenvalue weighted by atomic mass is 10.1. The molecule has 0 aliphatic heterocycles. The van der Waals surface area contributed by atoms with Gasteiger partial charge in [-0.15, -0.1) is 0 Å². The van der Waals surface area contributed by atoms with E-state index in [-0.39, 0.29) is 41.3 Å². The van der Waals surface area contributed by atoms with Crippen LogP contribution in [0, 0.1) is 10.1 Å². The Balaban J connectivity index is 2.50. The van der Waals surface area contributed by atoms with Gasteiger partial charge in [0.1, 0.15) is 12.6 Å².